The molecule has 0 aliphatic heterocycles. The fraction of sp³-hybridized carbons (Fsp3) is 0.0714. The summed E-state index contributed by atoms with van der Waals surface area (Å²) in [4.78, 5) is 12.0. The molecule has 0 unspecified atom stereocenters. The number of ether oxygens (including phenoxy) is 1. The van der Waals surface area contributed by atoms with E-state index in [1.54, 1.807) is 0 Å². The molecule has 0 fully saturated rings. The molecule has 2 nitrogen and oxygen atoms in total. The molecule has 2 aromatic carbocycles. The van der Waals surface area contributed by atoms with Crippen LogP contribution in [0.4, 0.5) is 8.78 Å². The van der Waals surface area contributed by atoms with E-state index in [1.807, 2.05) is 0 Å². The Bertz CT molecular complexity index is 601. The van der Waals surface area contributed by atoms with E-state index < -0.39 is 23.0 Å². The van der Waals surface area contributed by atoms with Crippen molar-refractivity contribution in [3.63, 3.8) is 0 Å². The highest BCUT2D eigenvalue weighted by Crippen LogP contribution is 2.23. The molecule has 0 N–H and O–H groups in total. The normalized spacial score (nSPS) is 10.3. The van der Waals surface area contributed by atoms with Crippen molar-refractivity contribution < 1.29 is 18.3 Å². The molecule has 0 saturated heterocycles. The van der Waals surface area contributed by atoms with Crippen molar-refractivity contribution in [2.24, 2.45) is 0 Å². The van der Waals surface area contributed by atoms with Crippen molar-refractivity contribution in [2.75, 3.05) is 7.11 Å². The molecule has 0 spiro atoms. The average Bonchev–Trinajstić information content (AvgIpc) is 2.38. The first-order valence-corrected chi connectivity index (χ1v) is 5.74. The predicted molar refractivity (Wildman–Crippen MR) is 67.8 cm³/mol. The van der Waals surface area contributed by atoms with Crippen LogP contribution >= 0.6 is 11.6 Å². The molecule has 0 heterocycles. The number of benzene rings is 2. The Morgan fingerprint density at radius 3 is 2.11 bits per heavy atom. The minimum atomic E-state index is -0.961. The first kappa shape index (κ1) is 13.5. The molecule has 0 saturated carbocycles. The molecular weight excluding hydrogens is 274 g/mol. The third kappa shape index (κ3) is 2.74. The lowest BCUT2D eigenvalue weighted by Crippen LogP contribution is -2.08. The summed E-state index contributed by atoms with van der Waals surface area (Å²) >= 11 is 5.69. The van der Waals surface area contributed by atoms with Crippen LogP contribution in [-0.4, -0.2) is 12.9 Å². The average molecular weight is 283 g/mol. The molecule has 0 aliphatic rings. The topological polar surface area (TPSA) is 26.3 Å². The summed E-state index contributed by atoms with van der Waals surface area (Å²) < 4.78 is 32.2. The van der Waals surface area contributed by atoms with Crippen LogP contribution in [0.2, 0.25) is 5.02 Å². The van der Waals surface area contributed by atoms with Gasteiger partial charge in [-0.1, -0.05) is 11.6 Å². The standard InChI is InChI=1S/C14H9ClF2O2/c1-19-10-6-11(16)13(12(17)7-10)14(18)8-2-4-9(15)5-3-8/h2-7H,1H3. The van der Waals surface area contributed by atoms with E-state index in [4.69, 9.17) is 16.3 Å². The highest BCUT2D eigenvalue weighted by molar-refractivity contribution is 6.30. The maximum Gasteiger partial charge on any atom is 0.198 e. The number of carbonyl (C=O) groups excluding carboxylic acids is 1. The summed E-state index contributed by atoms with van der Waals surface area (Å²) in [6.07, 6.45) is 0. The fourth-order valence-electron chi connectivity index (χ4n) is 1.63. The van der Waals surface area contributed by atoms with Crippen molar-refractivity contribution in [3.8, 4) is 5.75 Å². The van der Waals surface area contributed by atoms with Gasteiger partial charge in [0.1, 0.15) is 17.4 Å². The largest absolute Gasteiger partial charge is 0.497 e. The molecule has 2 rings (SSSR count). The summed E-state index contributed by atoms with van der Waals surface area (Å²) in [5, 5.41) is 0.437. The van der Waals surface area contributed by atoms with Gasteiger partial charge in [0.25, 0.3) is 0 Å². The van der Waals surface area contributed by atoms with Crippen molar-refractivity contribution in [1.82, 2.24) is 0 Å². The molecule has 98 valence electrons. The number of hydrogen-bond donors (Lipinski definition) is 0. The Hall–Kier alpha value is -1.94. The molecule has 0 radical (unpaired) electrons. The van der Waals surface area contributed by atoms with Gasteiger partial charge in [-0.3, -0.25) is 4.79 Å². The molecule has 0 atom stereocenters. The lowest BCUT2D eigenvalue weighted by Gasteiger charge is -2.07. The fourth-order valence-corrected chi connectivity index (χ4v) is 1.76. The molecular formula is C14H9ClF2O2. The number of ketones is 1. The Kier molecular flexibility index (Phi) is 3.81. The third-order valence-corrected chi connectivity index (χ3v) is 2.84. The van der Waals surface area contributed by atoms with Gasteiger partial charge in [0.15, 0.2) is 5.78 Å². The van der Waals surface area contributed by atoms with E-state index in [-0.39, 0.29) is 11.3 Å². The minimum absolute atomic E-state index is 0.0163. The van der Waals surface area contributed by atoms with Crippen molar-refractivity contribution in [1.29, 1.82) is 0 Å². The molecule has 0 amide bonds. The van der Waals surface area contributed by atoms with Crippen molar-refractivity contribution in [3.05, 3.63) is 64.2 Å². The monoisotopic (exact) mass is 282 g/mol. The number of hydrogen-bond acceptors (Lipinski definition) is 2. The quantitative estimate of drug-likeness (QED) is 0.799. The summed E-state index contributed by atoms with van der Waals surface area (Å²) in [5.74, 6) is -2.65. The zero-order valence-electron chi connectivity index (χ0n) is 9.91. The van der Waals surface area contributed by atoms with Gasteiger partial charge >= 0.3 is 0 Å². The Morgan fingerprint density at radius 1 is 1.11 bits per heavy atom. The maximum absolute atomic E-state index is 13.7. The smallest absolute Gasteiger partial charge is 0.198 e. The summed E-state index contributed by atoms with van der Waals surface area (Å²) in [6.45, 7) is 0. The maximum atomic E-state index is 13.7. The van der Waals surface area contributed by atoms with Crippen LogP contribution in [0.1, 0.15) is 15.9 Å². The number of carbonyl (C=O) groups is 1. The SMILES string of the molecule is COc1cc(F)c(C(=O)c2ccc(Cl)cc2)c(F)c1. The van der Waals surface area contributed by atoms with E-state index in [2.05, 4.69) is 0 Å². The number of methoxy groups -OCH3 is 1. The molecule has 0 bridgehead atoms. The van der Waals surface area contributed by atoms with Gasteiger partial charge in [-0.25, -0.2) is 8.78 Å². The molecule has 0 aromatic heterocycles. The van der Waals surface area contributed by atoms with Gasteiger partial charge in [-0.2, -0.15) is 0 Å². The van der Waals surface area contributed by atoms with Gasteiger partial charge in [0.2, 0.25) is 0 Å². The first-order valence-electron chi connectivity index (χ1n) is 5.36. The number of rotatable bonds is 3. The second kappa shape index (κ2) is 5.36. The van der Waals surface area contributed by atoms with Gasteiger partial charge in [-0.15, -0.1) is 0 Å². The van der Waals surface area contributed by atoms with Crippen LogP contribution in [0, 0.1) is 11.6 Å². The van der Waals surface area contributed by atoms with Gasteiger partial charge < -0.3 is 4.74 Å². The second-order valence-corrected chi connectivity index (χ2v) is 4.24. The van der Waals surface area contributed by atoms with E-state index in [1.165, 1.54) is 31.4 Å². The van der Waals surface area contributed by atoms with Crippen LogP contribution in [-0.2, 0) is 0 Å². The van der Waals surface area contributed by atoms with E-state index in [9.17, 15) is 13.6 Å². The van der Waals surface area contributed by atoms with Crippen LogP contribution in [0.3, 0.4) is 0 Å². The van der Waals surface area contributed by atoms with E-state index >= 15 is 0 Å². The summed E-state index contributed by atoms with van der Waals surface area (Å²) in [7, 11) is 1.29. The Balaban J connectivity index is 2.47. The second-order valence-electron chi connectivity index (χ2n) is 3.80. The molecule has 2 aromatic rings. The zero-order valence-corrected chi connectivity index (χ0v) is 10.7. The van der Waals surface area contributed by atoms with Crippen LogP contribution in [0.5, 0.6) is 5.75 Å². The van der Waals surface area contributed by atoms with E-state index in [0.29, 0.717) is 5.02 Å². The lowest BCUT2D eigenvalue weighted by atomic mass is 10.0. The van der Waals surface area contributed by atoms with Gasteiger partial charge in [0.05, 0.1) is 12.7 Å². The van der Waals surface area contributed by atoms with Crippen LogP contribution < -0.4 is 4.74 Å². The highest BCUT2D eigenvalue weighted by Gasteiger charge is 2.20. The van der Waals surface area contributed by atoms with Crippen LogP contribution in [0.25, 0.3) is 0 Å². The molecule has 5 heteroatoms. The Morgan fingerprint density at radius 2 is 1.63 bits per heavy atom. The molecule has 19 heavy (non-hydrogen) atoms. The predicted octanol–water partition coefficient (Wildman–Crippen LogP) is 3.86. The van der Waals surface area contributed by atoms with E-state index in [0.717, 1.165) is 12.1 Å². The number of halogens is 3. The van der Waals surface area contributed by atoms with Crippen molar-refractivity contribution >= 4 is 17.4 Å². The van der Waals surface area contributed by atoms with Crippen molar-refractivity contribution in [2.45, 2.75) is 0 Å². The third-order valence-electron chi connectivity index (χ3n) is 2.58. The summed E-state index contributed by atoms with van der Waals surface area (Å²) in [6, 6.07) is 7.71. The lowest BCUT2D eigenvalue weighted by molar-refractivity contribution is 0.103. The minimum Gasteiger partial charge on any atom is -0.497 e. The molecule has 0 aliphatic carbocycles. The zero-order chi connectivity index (χ0) is 14.0. The van der Waals surface area contributed by atoms with Crippen LogP contribution in [0.15, 0.2) is 36.4 Å². The highest BCUT2D eigenvalue weighted by atomic mass is 35.5. The summed E-state index contributed by atoms with van der Waals surface area (Å²) in [5.41, 5.74) is -0.449. The first-order chi connectivity index (χ1) is 9.02. The van der Waals surface area contributed by atoms with Gasteiger partial charge in [0, 0.05) is 22.7 Å². The van der Waals surface area contributed by atoms with Gasteiger partial charge in [-0.05, 0) is 24.3 Å². The Labute approximate surface area is 113 Å².